The molecule has 0 aliphatic heterocycles. The second-order valence-electron chi connectivity index (χ2n) is 13.5. The standard InChI is InChI=1S/C23H15ClFN2O3.C15H9BrClFN2O2.C9H9O.2Y/c1-12(28)14-4-3-5-15(10-14)17-11-18-19(22(29)26-2)20(30-23(18)27-21(17)24)13-6-8-16(25)9-7-13;1-19-14(21)11-9-6-10(16)13(17)20-15(9)22-12(11)7-2-4-8(18)5-3-7;1-7-4-3-5-9(6-7)8(2)10;;/h3,5-11H,1-2H3,(H,26,29);2-6H,1H3,(H,19,21);3-4,6H,1-2H3;;/q-1;;-1;;. The zero-order valence-electron chi connectivity index (χ0n) is 34.6. The summed E-state index contributed by atoms with van der Waals surface area (Å²) < 4.78 is 38.5. The molecular weight excluding hydrogens is 1080 g/mol. The molecule has 0 saturated carbocycles. The normalized spacial score (nSPS) is 10.3. The van der Waals surface area contributed by atoms with E-state index in [9.17, 15) is 28.0 Å². The molecule has 4 aromatic carbocycles. The van der Waals surface area contributed by atoms with Gasteiger partial charge in [0.05, 0.1) is 37.9 Å². The topological polar surface area (TPSA) is 144 Å². The minimum Gasteiger partial charge on any atom is -0.437 e. The number of ketones is 2. The van der Waals surface area contributed by atoms with Crippen LogP contribution >= 0.6 is 39.1 Å². The minimum atomic E-state index is -0.401. The number of furan rings is 2. The molecule has 8 rings (SSSR count). The van der Waals surface area contributed by atoms with Gasteiger partial charge in [-0.3, -0.25) is 9.59 Å². The first kappa shape index (κ1) is 52.3. The van der Waals surface area contributed by atoms with Crippen LogP contribution in [-0.4, -0.2) is 47.4 Å². The molecule has 320 valence electrons. The average Bonchev–Trinajstić information content (AvgIpc) is 3.81. The third-order valence-corrected chi connectivity index (χ3v) is 10.6. The summed E-state index contributed by atoms with van der Waals surface area (Å²) in [6.07, 6.45) is 0. The van der Waals surface area contributed by atoms with Crippen LogP contribution in [0.4, 0.5) is 8.78 Å². The van der Waals surface area contributed by atoms with Gasteiger partial charge >= 0.3 is 0 Å². The molecular formula is C47H33BrCl2F2N4O6Y2-2. The molecule has 8 aromatic rings. The molecule has 2 N–H and O–H groups in total. The molecule has 4 heterocycles. The fourth-order valence-corrected chi connectivity index (χ4v) is 6.80. The molecule has 0 fully saturated rings. The Hall–Kier alpha value is -4.33. The SMILES string of the molecule is CC(=O)c1[c-]ccc(C)c1.CNC(=O)c1c(-c2ccc(F)cc2)oc2nc(Cl)c(-c3cc[c-]c(C(C)=O)c3)cc12.CNC(=O)c1c(-c2ccc(F)cc2)oc2nc(Cl)c(Br)cc12.[Y].[Y]. The van der Waals surface area contributed by atoms with Gasteiger partial charge in [-0.1, -0.05) is 35.7 Å². The van der Waals surface area contributed by atoms with E-state index in [-0.39, 0.29) is 128 Å². The number of hydrogen-bond donors (Lipinski definition) is 2. The molecule has 0 bridgehead atoms. The van der Waals surface area contributed by atoms with E-state index in [4.69, 9.17) is 32.0 Å². The summed E-state index contributed by atoms with van der Waals surface area (Å²) in [5, 5.41) is 6.52. The van der Waals surface area contributed by atoms with Gasteiger partial charge in [0.25, 0.3) is 11.8 Å². The number of rotatable bonds is 7. The van der Waals surface area contributed by atoms with Crippen molar-refractivity contribution < 1.29 is 102 Å². The Kier molecular flexibility index (Phi) is 19.0. The van der Waals surface area contributed by atoms with E-state index in [0.717, 1.165) is 5.56 Å². The number of nitrogens with zero attached hydrogens (tertiary/aromatic N) is 2. The van der Waals surface area contributed by atoms with E-state index in [0.29, 0.717) is 59.9 Å². The molecule has 4 aromatic heterocycles. The molecule has 64 heavy (non-hydrogen) atoms. The predicted molar refractivity (Wildman–Crippen MR) is 238 cm³/mol. The van der Waals surface area contributed by atoms with Crippen molar-refractivity contribution in [2.45, 2.75) is 20.8 Å². The molecule has 2 amide bonds. The Morgan fingerprint density at radius 3 is 1.50 bits per heavy atom. The fourth-order valence-electron chi connectivity index (χ4n) is 6.11. The zero-order valence-corrected chi connectivity index (χ0v) is 43.4. The van der Waals surface area contributed by atoms with Gasteiger partial charge in [-0.15, -0.1) is 65.2 Å². The van der Waals surface area contributed by atoms with Crippen molar-refractivity contribution >= 4 is 84.7 Å². The van der Waals surface area contributed by atoms with Crippen molar-refractivity contribution in [3.05, 3.63) is 163 Å². The van der Waals surface area contributed by atoms with Gasteiger partial charge in [-0.2, -0.15) is 4.98 Å². The summed E-state index contributed by atoms with van der Waals surface area (Å²) in [7, 11) is 3.03. The molecule has 0 aliphatic rings. The van der Waals surface area contributed by atoms with Crippen LogP contribution in [0.1, 0.15) is 60.8 Å². The molecule has 0 saturated heterocycles. The number of halogens is 5. The molecule has 0 atom stereocenters. The Morgan fingerprint density at radius 2 is 1.06 bits per heavy atom. The maximum absolute atomic E-state index is 13.3. The van der Waals surface area contributed by atoms with Crippen molar-refractivity contribution in [3.63, 3.8) is 0 Å². The molecule has 17 heteroatoms. The Bertz CT molecular complexity index is 3020. The summed E-state index contributed by atoms with van der Waals surface area (Å²) in [5.74, 6) is -0.958. The fraction of sp³-hybridized carbons (Fsp3) is 0.106. The number of aromatic nitrogens is 2. The summed E-state index contributed by atoms with van der Waals surface area (Å²) in [6.45, 7) is 4.96. The number of hydrogen-bond acceptors (Lipinski definition) is 8. The number of carbonyl (C=O) groups is 4. The zero-order chi connectivity index (χ0) is 44.8. The quantitative estimate of drug-likeness (QED) is 0.0912. The van der Waals surface area contributed by atoms with Gasteiger partial charge in [0.1, 0.15) is 33.5 Å². The molecule has 10 nitrogen and oxygen atoms in total. The summed E-state index contributed by atoms with van der Waals surface area (Å²) >= 11 is 15.6. The van der Waals surface area contributed by atoms with E-state index in [1.807, 2.05) is 19.1 Å². The molecule has 2 radical (unpaired) electrons. The van der Waals surface area contributed by atoms with E-state index < -0.39 is 5.82 Å². The van der Waals surface area contributed by atoms with Crippen LogP contribution in [0.5, 0.6) is 0 Å². The summed E-state index contributed by atoms with van der Waals surface area (Å²) in [6, 6.07) is 31.0. The van der Waals surface area contributed by atoms with Gasteiger partial charge in [0.15, 0.2) is 0 Å². The van der Waals surface area contributed by atoms with E-state index in [1.165, 1.54) is 69.6 Å². The third-order valence-electron chi connectivity index (χ3n) is 9.18. The number of benzene rings is 4. The number of amides is 2. The average molecular weight is 1120 g/mol. The first-order valence-electron chi connectivity index (χ1n) is 18.5. The van der Waals surface area contributed by atoms with Crippen LogP contribution < -0.4 is 10.6 Å². The van der Waals surface area contributed by atoms with Crippen molar-refractivity contribution in [1.29, 1.82) is 0 Å². The van der Waals surface area contributed by atoms with Crippen LogP contribution in [0.15, 0.2) is 110 Å². The maximum Gasteiger partial charge on any atom is 0.255 e. The van der Waals surface area contributed by atoms with Gasteiger partial charge in [0.2, 0.25) is 11.4 Å². The Balaban J connectivity index is 0.000000231. The summed E-state index contributed by atoms with van der Waals surface area (Å²) in [4.78, 5) is 55.8. The van der Waals surface area contributed by atoms with Crippen LogP contribution in [0.2, 0.25) is 10.3 Å². The smallest absolute Gasteiger partial charge is 0.255 e. The van der Waals surface area contributed by atoms with Crippen LogP contribution in [0.25, 0.3) is 56.0 Å². The molecule has 0 spiro atoms. The van der Waals surface area contributed by atoms with Gasteiger partial charge in [0, 0.05) is 96.2 Å². The first-order valence-corrected chi connectivity index (χ1v) is 20.0. The number of fused-ring (bicyclic) bond motifs is 2. The van der Waals surface area contributed by atoms with Gasteiger partial charge < -0.3 is 29.1 Å². The number of pyridine rings is 2. The number of nitrogens with one attached hydrogen (secondary N) is 2. The van der Waals surface area contributed by atoms with E-state index >= 15 is 0 Å². The number of Topliss-reactive ketones (excluding diaryl/α,β-unsaturated/α-hetero) is 2. The second-order valence-corrected chi connectivity index (χ2v) is 15.0. The van der Waals surface area contributed by atoms with Gasteiger partial charge in [-0.05, 0) is 90.4 Å². The van der Waals surface area contributed by atoms with Crippen LogP contribution in [0, 0.1) is 30.7 Å². The monoisotopic (exact) mass is 1110 g/mol. The Labute approximate surface area is 435 Å². The largest absolute Gasteiger partial charge is 0.437 e. The predicted octanol–water partition coefficient (Wildman–Crippen LogP) is 11.7. The van der Waals surface area contributed by atoms with E-state index in [1.54, 1.807) is 43.3 Å². The van der Waals surface area contributed by atoms with Gasteiger partial charge in [-0.25, -0.2) is 13.8 Å². The van der Waals surface area contributed by atoms with Crippen molar-refractivity contribution in [2.24, 2.45) is 0 Å². The van der Waals surface area contributed by atoms with Crippen molar-refractivity contribution in [2.75, 3.05) is 14.1 Å². The van der Waals surface area contributed by atoms with E-state index in [2.05, 4.69) is 48.7 Å². The Morgan fingerprint density at radius 1 is 0.625 bits per heavy atom. The summed E-state index contributed by atoms with van der Waals surface area (Å²) in [5.41, 5.74) is 5.49. The van der Waals surface area contributed by atoms with Crippen LogP contribution in [0.3, 0.4) is 0 Å². The third kappa shape index (κ3) is 12.1. The number of aryl methyl sites for hydroxylation is 1. The second kappa shape index (κ2) is 23.2. The molecule has 0 aliphatic carbocycles. The van der Waals surface area contributed by atoms with Crippen molar-refractivity contribution in [3.8, 4) is 33.8 Å². The number of carbonyl (C=O) groups excluding carboxylic acids is 4. The van der Waals surface area contributed by atoms with Crippen LogP contribution in [-0.2, 0) is 65.4 Å². The van der Waals surface area contributed by atoms with Crippen molar-refractivity contribution in [1.82, 2.24) is 20.6 Å². The maximum atomic E-state index is 13.3. The minimum absolute atomic E-state index is 0. The molecule has 0 unspecified atom stereocenters. The first-order chi connectivity index (χ1) is 29.6.